The number of ether oxygens (including phenoxy) is 1. The lowest BCUT2D eigenvalue weighted by atomic mass is 10.0. The van der Waals surface area contributed by atoms with Gasteiger partial charge in [0.1, 0.15) is 17.4 Å². The Morgan fingerprint density at radius 1 is 1.04 bits per heavy atom. The van der Waals surface area contributed by atoms with Crippen molar-refractivity contribution in [1.29, 1.82) is 0 Å². The number of methoxy groups -OCH3 is 1. The third-order valence-electron chi connectivity index (χ3n) is 3.63. The number of fused-ring (bicyclic) bond motifs is 1. The van der Waals surface area contributed by atoms with E-state index in [1.165, 1.54) is 31.4 Å². The van der Waals surface area contributed by atoms with Crippen LogP contribution in [0.2, 0.25) is 0 Å². The minimum atomic E-state index is -4.84. The first-order valence-corrected chi connectivity index (χ1v) is 7.30. The van der Waals surface area contributed by atoms with Crippen LogP contribution in [-0.2, 0) is 0 Å². The van der Waals surface area contributed by atoms with Crippen molar-refractivity contribution in [1.82, 2.24) is 4.98 Å². The number of benzene rings is 2. The molecule has 0 spiro atoms. The van der Waals surface area contributed by atoms with Crippen LogP contribution in [0.3, 0.4) is 0 Å². The topological polar surface area (TPSA) is 22.1 Å². The number of halogens is 5. The van der Waals surface area contributed by atoms with Crippen molar-refractivity contribution in [2.75, 3.05) is 7.11 Å². The SMILES string of the molecule is COc1ccc(-c2ccc3c(F)c(C#CC(F)(F)F)c(F)cc3c2)nc1. The van der Waals surface area contributed by atoms with Crippen molar-refractivity contribution < 1.29 is 26.7 Å². The predicted molar refractivity (Wildman–Crippen MR) is 86.6 cm³/mol. The number of rotatable bonds is 2. The Balaban J connectivity index is 2.09. The first-order valence-electron chi connectivity index (χ1n) is 7.30. The van der Waals surface area contributed by atoms with Crippen LogP contribution in [0, 0.1) is 23.5 Å². The van der Waals surface area contributed by atoms with E-state index in [-0.39, 0.29) is 10.8 Å². The van der Waals surface area contributed by atoms with E-state index < -0.39 is 23.4 Å². The van der Waals surface area contributed by atoms with Gasteiger partial charge in [-0.3, -0.25) is 4.98 Å². The van der Waals surface area contributed by atoms with Gasteiger partial charge in [0, 0.05) is 16.9 Å². The monoisotopic (exact) mass is 363 g/mol. The van der Waals surface area contributed by atoms with Gasteiger partial charge in [0.25, 0.3) is 0 Å². The quantitative estimate of drug-likeness (QED) is 0.467. The van der Waals surface area contributed by atoms with E-state index in [0.717, 1.165) is 12.0 Å². The van der Waals surface area contributed by atoms with Gasteiger partial charge in [-0.25, -0.2) is 8.78 Å². The van der Waals surface area contributed by atoms with Gasteiger partial charge >= 0.3 is 6.18 Å². The van der Waals surface area contributed by atoms with Gasteiger partial charge in [-0.05, 0) is 29.7 Å². The molecule has 1 heterocycles. The molecule has 3 rings (SSSR count). The lowest BCUT2D eigenvalue weighted by molar-refractivity contribution is -0.0696. The summed E-state index contributed by atoms with van der Waals surface area (Å²) in [6, 6.07) is 8.70. The first-order chi connectivity index (χ1) is 12.3. The van der Waals surface area contributed by atoms with Crippen molar-refractivity contribution in [2.45, 2.75) is 6.18 Å². The molecule has 0 atom stereocenters. The molecule has 0 radical (unpaired) electrons. The van der Waals surface area contributed by atoms with Gasteiger partial charge in [-0.2, -0.15) is 13.2 Å². The Morgan fingerprint density at radius 2 is 1.81 bits per heavy atom. The van der Waals surface area contributed by atoms with Crippen LogP contribution in [0.25, 0.3) is 22.0 Å². The average molecular weight is 363 g/mol. The first kappa shape index (κ1) is 17.7. The molecular weight excluding hydrogens is 353 g/mol. The summed E-state index contributed by atoms with van der Waals surface area (Å²) < 4.78 is 70.0. The summed E-state index contributed by atoms with van der Waals surface area (Å²) in [6.45, 7) is 0. The molecule has 1 aromatic heterocycles. The molecule has 2 nitrogen and oxygen atoms in total. The summed E-state index contributed by atoms with van der Waals surface area (Å²) in [5.41, 5.74) is 0.229. The van der Waals surface area contributed by atoms with Gasteiger partial charge < -0.3 is 4.74 Å². The van der Waals surface area contributed by atoms with Crippen LogP contribution in [0.4, 0.5) is 22.0 Å². The van der Waals surface area contributed by atoms with Crippen molar-refractivity contribution >= 4 is 10.8 Å². The predicted octanol–water partition coefficient (Wildman–Crippen LogP) is 5.10. The molecule has 0 saturated carbocycles. The third kappa shape index (κ3) is 3.59. The highest BCUT2D eigenvalue weighted by Gasteiger charge is 2.24. The highest BCUT2D eigenvalue weighted by Crippen LogP contribution is 2.29. The van der Waals surface area contributed by atoms with E-state index in [2.05, 4.69) is 4.98 Å². The van der Waals surface area contributed by atoms with Crippen LogP contribution in [0.5, 0.6) is 5.75 Å². The van der Waals surface area contributed by atoms with E-state index in [1.807, 2.05) is 0 Å². The third-order valence-corrected chi connectivity index (χ3v) is 3.63. The molecule has 0 saturated heterocycles. The van der Waals surface area contributed by atoms with Gasteiger partial charge in [-0.1, -0.05) is 18.1 Å². The summed E-state index contributed by atoms with van der Waals surface area (Å²) >= 11 is 0. The van der Waals surface area contributed by atoms with Gasteiger partial charge in [0.05, 0.1) is 24.6 Å². The number of pyridine rings is 1. The van der Waals surface area contributed by atoms with Gasteiger partial charge in [0.15, 0.2) is 0 Å². The van der Waals surface area contributed by atoms with E-state index in [1.54, 1.807) is 18.2 Å². The molecule has 3 aromatic rings. The van der Waals surface area contributed by atoms with E-state index in [9.17, 15) is 22.0 Å². The average Bonchev–Trinajstić information content (AvgIpc) is 2.60. The number of hydrogen-bond acceptors (Lipinski definition) is 2. The number of nitrogens with zero attached hydrogens (tertiary/aromatic N) is 1. The van der Waals surface area contributed by atoms with E-state index >= 15 is 0 Å². The second-order valence-corrected chi connectivity index (χ2v) is 5.31. The molecule has 0 aliphatic heterocycles. The van der Waals surface area contributed by atoms with Crippen LogP contribution in [0.15, 0.2) is 42.6 Å². The molecule has 0 fully saturated rings. The molecule has 0 aliphatic carbocycles. The molecule has 0 aliphatic rings. The fraction of sp³-hybridized carbons (Fsp3) is 0.105. The summed E-state index contributed by atoms with van der Waals surface area (Å²) in [5, 5.41) is 0.155. The van der Waals surface area contributed by atoms with E-state index in [0.29, 0.717) is 17.0 Å². The summed E-state index contributed by atoms with van der Waals surface area (Å²) in [5.74, 6) is 0.663. The Morgan fingerprint density at radius 3 is 2.42 bits per heavy atom. The maximum atomic E-state index is 14.4. The second-order valence-electron chi connectivity index (χ2n) is 5.31. The summed E-state index contributed by atoms with van der Waals surface area (Å²) in [7, 11) is 1.50. The molecular formula is C19H10F5NO. The van der Waals surface area contributed by atoms with E-state index in [4.69, 9.17) is 4.74 Å². The van der Waals surface area contributed by atoms with Gasteiger partial charge in [-0.15, -0.1) is 0 Å². The standard InChI is InChI=1S/C19H10F5NO/c1-26-13-3-5-17(25-10-13)11-2-4-14-12(8-11)9-16(20)15(18(14)21)6-7-19(22,23)24/h2-5,8-10H,1H3. The highest BCUT2D eigenvalue weighted by molar-refractivity contribution is 5.88. The molecule has 26 heavy (non-hydrogen) atoms. The summed E-state index contributed by atoms with van der Waals surface area (Å²) in [6.07, 6.45) is -3.34. The number of alkyl halides is 3. The zero-order chi connectivity index (χ0) is 18.9. The normalized spacial score (nSPS) is 11.2. The molecule has 132 valence electrons. The van der Waals surface area contributed by atoms with Gasteiger partial charge in [0.2, 0.25) is 0 Å². The highest BCUT2D eigenvalue weighted by atomic mass is 19.4. The molecule has 0 bridgehead atoms. The molecule has 0 amide bonds. The molecule has 0 unspecified atom stereocenters. The van der Waals surface area contributed by atoms with Crippen LogP contribution in [0.1, 0.15) is 5.56 Å². The molecule has 2 aromatic carbocycles. The van der Waals surface area contributed by atoms with Crippen LogP contribution in [-0.4, -0.2) is 18.3 Å². The van der Waals surface area contributed by atoms with Crippen molar-refractivity contribution in [3.05, 3.63) is 59.8 Å². The Kier molecular flexibility index (Phi) is 4.51. The Labute approximate surface area is 145 Å². The Hall–Kier alpha value is -3.14. The largest absolute Gasteiger partial charge is 0.495 e. The lowest BCUT2D eigenvalue weighted by Gasteiger charge is -2.07. The Bertz CT molecular complexity index is 1030. The summed E-state index contributed by atoms with van der Waals surface area (Å²) in [4.78, 5) is 4.19. The molecule has 0 N–H and O–H groups in total. The van der Waals surface area contributed by atoms with Crippen LogP contribution < -0.4 is 4.74 Å². The minimum absolute atomic E-state index is 0.0323. The number of hydrogen-bond donors (Lipinski definition) is 0. The van der Waals surface area contributed by atoms with Crippen molar-refractivity contribution in [3.63, 3.8) is 0 Å². The maximum Gasteiger partial charge on any atom is 0.458 e. The minimum Gasteiger partial charge on any atom is -0.495 e. The fourth-order valence-electron chi connectivity index (χ4n) is 2.41. The maximum absolute atomic E-state index is 14.4. The second kappa shape index (κ2) is 6.64. The lowest BCUT2D eigenvalue weighted by Crippen LogP contribution is -2.02. The van der Waals surface area contributed by atoms with Crippen molar-refractivity contribution in [2.24, 2.45) is 0 Å². The van der Waals surface area contributed by atoms with Crippen molar-refractivity contribution in [3.8, 4) is 28.8 Å². The molecule has 7 heteroatoms. The van der Waals surface area contributed by atoms with Crippen LogP contribution >= 0.6 is 0 Å². The zero-order valence-corrected chi connectivity index (χ0v) is 13.3. The number of aromatic nitrogens is 1. The smallest absolute Gasteiger partial charge is 0.458 e. The fourth-order valence-corrected chi connectivity index (χ4v) is 2.41. The zero-order valence-electron chi connectivity index (χ0n) is 13.3.